The summed E-state index contributed by atoms with van der Waals surface area (Å²) in [4.78, 5) is 0. The monoisotopic (exact) mass is 702 g/mol. The molecule has 0 spiro atoms. The van der Waals surface area contributed by atoms with Crippen molar-refractivity contribution in [3.05, 3.63) is 166 Å². The summed E-state index contributed by atoms with van der Waals surface area (Å²) < 4.78 is 20.0. The van der Waals surface area contributed by atoms with Crippen molar-refractivity contribution in [1.29, 1.82) is 0 Å². The molecule has 1 N–H and O–H groups in total. The maximum atomic E-state index is 11.7. The molecule has 1 aliphatic rings. The lowest BCUT2D eigenvalue weighted by atomic mass is 9.88. The zero-order valence-electron chi connectivity index (χ0n) is 31.3. The molecule has 270 valence electrons. The Kier molecular flexibility index (Phi) is 11.4. The van der Waals surface area contributed by atoms with Gasteiger partial charge < -0.3 is 19.3 Å². The minimum atomic E-state index is 0.334. The first-order valence-electron chi connectivity index (χ1n) is 19.3. The summed E-state index contributed by atoms with van der Waals surface area (Å²) in [5.74, 6) is 3.05. The average Bonchev–Trinajstić information content (AvgIpc) is 3.18. The van der Waals surface area contributed by atoms with E-state index >= 15 is 0 Å². The van der Waals surface area contributed by atoms with Crippen molar-refractivity contribution in [2.45, 2.75) is 65.7 Å². The predicted octanol–water partition coefficient (Wildman–Crippen LogP) is 11.8. The van der Waals surface area contributed by atoms with E-state index in [1.54, 1.807) is 0 Å². The van der Waals surface area contributed by atoms with Gasteiger partial charge in [0.1, 0.15) is 23.0 Å². The first kappa shape index (κ1) is 35.9. The Bertz CT molecular complexity index is 2060. The summed E-state index contributed by atoms with van der Waals surface area (Å²) in [5, 5.41) is 11.7. The molecule has 0 fully saturated rings. The Labute approximate surface area is 315 Å². The van der Waals surface area contributed by atoms with Gasteiger partial charge >= 0.3 is 0 Å². The highest BCUT2D eigenvalue weighted by Gasteiger charge is 2.23. The van der Waals surface area contributed by atoms with Crippen molar-refractivity contribution in [2.75, 3.05) is 19.8 Å². The van der Waals surface area contributed by atoms with Crippen LogP contribution in [0.5, 0.6) is 23.0 Å². The van der Waals surface area contributed by atoms with Crippen LogP contribution in [0, 0.1) is 0 Å². The predicted molar refractivity (Wildman–Crippen MR) is 217 cm³/mol. The maximum absolute atomic E-state index is 11.7. The molecule has 0 aromatic heterocycles. The second-order valence-electron chi connectivity index (χ2n) is 14.0. The van der Waals surface area contributed by atoms with E-state index in [2.05, 4.69) is 130 Å². The molecule has 1 aliphatic carbocycles. The van der Waals surface area contributed by atoms with Crippen molar-refractivity contribution in [2.24, 2.45) is 0 Å². The molecule has 0 saturated heterocycles. The lowest BCUT2D eigenvalue weighted by Crippen LogP contribution is -2.09. The summed E-state index contributed by atoms with van der Waals surface area (Å²) in [6, 6.07) is 43.0. The summed E-state index contributed by atoms with van der Waals surface area (Å²) in [5.41, 5.74) is 13.1. The highest BCUT2D eigenvalue weighted by atomic mass is 16.5. The molecule has 7 rings (SSSR count). The van der Waals surface area contributed by atoms with E-state index in [4.69, 9.17) is 14.2 Å². The fraction of sp³-hybridized carbons (Fsp3) is 0.265. The number of fused-ring (bicyclic) bond motifs is 8. The Morgan fingerprint density at radius 1 is 0.396 bits per heavy atom. The summed E-state index contributed by atoms with van der Waals surface area (Å²) in [6.07, 6.45) is 5.07. The van der Waals surface area contributed by atoms with E-state index in [9.17, 15) is 5.11 Å². The molecular weight excluding hydrogens is 653 g/mol. The van der Waals surface area contributed by atoms with Gasteiger partial charge in [-0.05, 0) is 98.2 Å². The van der Waals surface area contributed by atoms with Crippen LogP contribution in [0.2, 0.25) is 0 Å². The van der Waals surface area contributed by atoms with E-state index in [1.165, 1.54) is 16.7 Å². The molecule has 6 aromatic rings. The molecule has 4 heteroatoms. The molecule has 53 heavy (non-hydrogen) atoms. The molecule has 0 unspecified atom stereocenters. The van der Waals surface area contributed by atoms with Gasteiger partial charge in [-0.15, -0.1) is 0 Å². The van der Waals surface area contributed by atoms with Gasteiger partial charge in [0.25, 0.3) is 0 Å². The Morgan fingerprint density at radius 2 is 0.755 bits per heavy atom. The number of phenolic OH excluding ortho intramolecular Hbond substituents is 1. The minimum Gasteiger partial charge on any atom is -0.507 e. The largest absolute Gasteiger partial charge is 0.507 e. The van der Waals surface area contributed by atoms with Crippen LogP contribution < -0.4 is 14.2 Å². The van der Waals surface area contributed by atoms with Crippen LogP contribution in [0.4, 0.5) is 0 Å². The van der Waals surface area contributed by atoms with Crippen LogP contribution in [0.1, 0.15) is 84.5 Å². The smallest absolute Gasteiger partial charge is 0.126 e. The van der Waals surface area contributed by atoms with Gasteiger partial charge in [-0.3, -0.25) is 0 Å². The Balaban J connectivity index is 1.50. The van der Waals surface area contributed by atoms with Gasteiger partial charge in [-0.1, -0.05) is 130 Å². The van der Waals surface area contributed by atoms with E-state index in [0.717, 1.165) is 86.6 Å². The third kappa shape index (κ3) is 7.98. The summed E-state index contributed by atoms with van der Waals surface area (Å²) in [7, 11) is 0. The molecule has 0 saturated carbocycles. The van der Waals surface area contributed by atoms with E-state index in [0.29, 0.717) is 51.3 Å². The fourth-order valence-electron chi connectivity index (χ4n) is 7.53. The topological polar surface area (TPSA) is 47.9 Å². The number of ether oxygens (including phenoxy) is 3. The van der Waals surface area contributed by atoms with Crippen LogP contribution in [0.3, 0.4) is 0 Å². The third-order valence-electron chi connectivity index (χ3n) is 10.0. The first-order chi connectivity index (χ1) is 26.1. The lowest BCUT2D eigenvalue weighted by Gasteiger charge is -2.23. The van der Waals surface area contributed by atoms with Crippen molar-refractivity contribution in [3.63, 3.8) is 0 Å². The quantitative estimate of drug-likeness (QED) is 0.146. The lowest BCUT2D eigenvalue weighted by molar-refractivity contribution is 0.306. The van der Waals surface area contributed by atoms with Gasteiger partial charge in [-0.25, -0.2) is 0 Å². The average molecular weight is 703 g/mol. The van der Waals surface area contributed by atoms with Gasteiger partial charge in [0.05, 0.1) is 19.8 Å². The van der Waals surface area contributed by atoms with Gasteiger partial charge in [0.2, 0.25) is 0 Å². The number of hydrogen-bond acceptors (Lipinski definition) is 4. The molecule has 8 bridgehead atoms. The normalized spacial score (nSPS) is 12.3. The second-order valence-corrected chi connectivity index (χ2v) is 14.0. The van der Waals surface area contributed by atoms with E-state index in [-0.39, 0.29) is 0 Å². The molecule has 0 amide bonds. The molecule has 6 aromatic carbocycles. The molecule has 0 heterocycles. The third-order valence-corrected chi connectivity index (χ3v) is 10.0. The van der Waals surface area contributed by atoms with Gasteiger partial charge in [0.15, 0.2) is 0 Å². The van der Waals surface area contributed by atoms with E-state index < -0.39 is 0 Å². The number of aromatic hydroxyl groups is 1. The molecular formula is C49H50O4. The maximum Gasteiger partial charge on any atom is 0.126 e. The van der Waals surface area contributed by atoms with Crippen LogP contribution in [0.15, 0.2) is 121 Å². The van der Waals surface area contributed by atoms with Gasteiger partial charge in [-0.2, -0.15) is 0 Å². The van der Waals surface area contributed by atoms with Crippen LogP contribution >= 0.6 is 0 Å². The second kappa shape index (κ2) is 16.9. The number of hydrogen-bond donors (Lipinski definition) is 1. The van der Waals surface area contributed by atoms with E-state index in [1.807, 2.05) is 12.1 Å². The highest BCUT2D eigenvalue weighted by Crippen LogP contribution is 2.42. The molecule has 0 radical (unpaired) electrons. The first-order valence-corrected chi connectivity index (χ1v) is 19.3. The number of para-hydroxylation sites is 3. The van der Waals surface area contributed by atoms with Gasteiger partial charge in [0, 0.05) is 25.7 Å². The number of benzene rings is 6. The summed E-state index contributed by atoms with van der Waals surface area (Å²) >= 11 is 0. The molecule has 4 nitrogen and oxygen atoms in total. The fourth-order valence-corrected chi connectivity index (χ4v) is 7.53. The van der Waals surface area contributed by atoms with Crippen LogP contribution in [0.25, 0.3) is 22.3 Å². The Morgan fingerprint density at radius 3 is 1.19 bits per heavy atom. The standard InChI is InChI=1S/C49H50O4/c1-4-25-51-47-37-19-13-21-39(47)30-42-32-41(45-24-11-10-23-44(45)34-15-8-7-9-16-34)33-43(49(42)53-27-6-3)31-40-22-14-20-38(48(40)52-26-5-2)29-36-18-12-17-35(28-37)46(36)50/h7-24,32-33,50H,4-6,25-31H2,1-3H3. The van der Waals surface area contributed by atoms with Crippen molar-refractivity contribution < 1.29 is 19.3 Å². The van der Waals surface area contributed by atoms with Crippen molar-refractivity contribution in [3.8, 4) is 45.3 Å². The Hall–Kier alpha value is -5.48. The zero-order chi connectivity index (χ0) is 36.6. The number of rotatable bonds is 11. The molecule has 0 atom stereocenters. The van der Waals surface area contributed by atoms with Crippen LogP contribution in [-0.2, 0) is 25.7 Å². The molecule has 0 aliphatic heterocycles. The van der Waals surface area contributed by atoms with Crippen molar-refractivity contribution >= 4 is 0 Å². The highest BCUT2D eigenvalue weighted by molar-refractivity contribution is 5.84. The SMILES string of the molecule is CCCOc1c2cccc1Cc1cc(-c3ccccc3-c3ccccc3)cc(c1OCCC)Cc1cccc(c1OCCC)Cc1cccc(c1O)C2. The zero-order valence-corrected chi connectivity index (χ0v) is 31.3. The van der Waals surface area contributed by atoms with Crippen LogP contribution in [-0.4, -0.2) is 24.9 Å². The number of phenols is 1. The van der Waals surface area contributed by atoms with Crippen molar-refractivity contribution in [1.82, 2.24) is 0 Å². The summed E-state index contributed by atoms with van der Waals surface area (Å²) in [6.45, 7) is 8.28. The minimum absolute atomic E-state index is 0.334.